The lowest BCUT2D eigenvalue weighted by Gasteiger charge is -2.24. The highest BCUT2D eigenvalue weighted by molar-refractivity contribution is 7.15. The van der Waals surface area contributed by atoms with Crippen LogP contribution in [0.5, 0.6) is 23.0 Å². The summed E-state index contributed by atoms with van der Waals surface area (Å²) in [5.41, 5.74) is 2.17. The number of carbonyl (C=O) groups excluding carboxylic acids is 2. The maximum atomic E-state index is 13.2. The van der Waals surface area contributed by atoms with Crippen LogP contribution >= 0.6 is 45.9 Å². The minimum Gasteiger partial charge on any atom is -0.497 e. The quantitative estimate of drug-likeness (QED) is 0.0585. The van der Waals surface area contributed by atoms with Crippen LogP contribution in [-0.2, 0) is 12.4 Å². The molecular weight excluding hydrogens is 1110 g/mol. The monoisotopic (exact) mass is 1150 g/mol. The second-order valence-corrected chi connectivity index (χ2v) is 19.5. The Morgan fingerprint density at radius 1 is 0.551 bits per heavy atom. The van der Waals surface area contributed by atoms with E-state index in [2.05, 4.69) is 35.9 Å². The van der Waals surface area contributed by atoms with Gasteiger partial charge in [-0.05, 0) is 96.8 Å². The molecule has 1 atom stereocenters. The number of thiazole rings is 2. The van der Waals surface area contributed by atoms with Gasteiger partial charge in [-0.1, -0.05) is 71.7 Å². The van der Waals surface area contributed by atoms with E-state index in [9.17, 15) is 35.9 Å². The molecule has 24 heteroatoms. The van der Waals surface area contributed by atoms with Gasteiger partial charge in [-0.2, -0.15) is 26.3 Å². The molecule has 8 aromatic rings. The number of alkyl halides is 6. The summed E-state index contributed by atoms with van der Waals surface area (Å²) < 4.78 is 100. The van der Waals surface area contributed by atoms with Gasteiger partial charge >= 0.3 is 12.4 Å². The molecule has 4 heterocycles. The lowest BCUT2D eigenvalue weighted by Crippen LogP contribution is -2.25. The second-order valence-electron chi connectivity index (χ2n) is 16.6. The van der Waals surface area contributed by atoms with E-state index in [1.54, 1.807) is 35.4 Å². The Labute approximate surface area is 461 Å². The molecule has 0 aliphatic heterocycles. The number of benzene rings is 4. The predicted molar refractivity (Wildman–Crippen MR) is 288 cm³/mol. The molecule has 0 aliphatic rings. The fourth-order valence-corrected chi connectivity index (χ4v) is 9.41. The first-order chi connectivity index (χ1) is 37.2. The van der Waals surface area contributed by atoms with Crippen molar-refractivity contribution in [2.75, 3.05) is 39.1 Å². The summed E-state index contributed by atoms with van der Waals surface area (Å²) >= 11 is 13.4. The molecule has 4 aromatic carbocycles. The van der Waals surface area contributed by atoms with Gasteiger partial charge in [0.05, 0.1) is 79.8 Å². The minimum atomic E-state index is -4.69. The molecule has 0 fully saturated rings. The molecule has 0 saturated heterocycles. The van der Waals surface area contributed by atoms with E-state index in [1.165, 1.54) is 12.4 Å². The second kappa shape index (κ2) is 25.7. The van der Waals surface area contributed by atoms with Crippen molar-refractivity contribution in [2.24, 2.45) is 4.99 Å². The van der Waals surface area contributed by atoms with Crippen molar-refractivity contribution < 1.29 is 54.9 Å². The van der Waals surface area contributed by atoms with Gasteiger partial charge in [0.25, 0.3) is 11.8 Å². The van der Waals surface area contributed by atoms with Crippen LogP contribution in [0, 0.1) is 0 Å². The number of aliphatic imine (C=N–C) groups is 1. The van der Waals surface area contributed by atoms with Gasteiger partial charge in [-0.15, -0.1) is 22.7 Å². The summed E-state index contributed by atoms with van der Waals surface area (Å²) in [5.74, 6) is 1.05. The summed E-state index contributed by atoms with van der Waals surface area (Å²) in [4.78, 5) is 47.0. The highest BCUT2D eigenvalue weighted by Gasteiger charge is 2.35. The Balaban J connectivity index is 0.000000226. The van der Waals surface area contributed by atoms with E-state index in [0.717, 1.165) is 68.8 Å². The molecule has 78 heavy (non-hydrogen) atoms. The number of methoxy groups -OCH3 is 4. The number of anilines is 2. The zero-order chi connectivity index (χ0) is 56.3. The first-order valence-electron chi connectivity index (χ1n) is 23.0. The number of ether oxygens (including phenoxy) is 4. The highest BCUT2D eigenvalue weighted by Crippen LogP contribution is 2.38. The molecule has 0 bridgehead atoms. The molecule has 2 amide bonds. The molecule has 14 nitrogen and oxygen atoms in total. The van der Waals surface area contributed by atoms with Crippen LogP contribution in [0.15, 0.2) is 139 Å². The van der Waals surface area contributed by atoms with Crippen molar-refractivity contribution in [1.29, 1.82) is 0 Å². The summed E-state index contributed by atoms with van der Waals surface area (Å²) in [6.07, 6.45) is -4.96. The normalized spacial score (nSPS) is 12.1. The smallest absolute Gasteiger partial charge is 0.418 e. The molecule has 0 spiro atoms. The van der Waals surface area contributed by atoms with Gasteiger partial charge in [0.15, 0.2) is 0 Å². The van der Waals surface area contributed by atoms with Crippen molar-refractivity contribution in [1.82, 2.24) is 25.3 Å². The first kappa shape index (κ1) is 58.1. The van der Waals surface area contributed by atoms with E-state index in [-0.39, 0.29) is 39.5 Å². The molecule has 3 N–H and O–H groups in total. The predicted octanol–water partition coefficient (Wildman–Crippen LogP) is 14.0. The SMILES string of the molecule is COc1ccc(C(N=C(C)c2ncc(C(=O)Nc3cc(C(F)(F)F)c(Cl)cn3)s2)c2ccc(OC)cc2)cc1.COc1ccc(C(N[C@H](C)c2ncc(C(=O)Nc3cc(C(F)(F)F)c(Cl)cn3)s2)c2ccc(OC)cc2)cc1. The maximum Gasteiger partial charge on any atom is 0.418 e. The van der Waals surface area contributed by atoms with Gasteiger partial charge < -0.3 is 29.6 Å². The molecule has 4 aromatic heterocycles. The van der Waals surface area contributed by atoms with E-state index in [1.807, 2.05) is 104 Å². The summed E-state index contributed by atoms with van der Waals surface area (Å²) in [6, 6.07) is 30.9. The standard InChI is InChI=1S/C27H24ClF3N4O3S.C27H22ClF3N4O3S/c2*1-15(34-24(16-4-8-18(37-2)9-5-16)17-6-10-19(38-3)11-7-17)26-33-14-22(39-26)25(36)35-23-12-20(27(29,30)31)21(28)13-32-23/h4-15,24,34H,1-3H3,(H,32,35,36);4-14,24H,1-3H3,(H,32,35,36)/t15-;/m1./s1. The van der Waals surface area contributed by atoms with Crippen LogP contribution in [0.4, 0.5) is 38.0 Å². The Morgan fingerprint density at radius 2 is 0.923 bits per heavy atom. The number of halogens is 8. The topological polar surface area (TPSA) is 171 Å². The van der Waals surface area contributed by atoms with Crippen LogP contribution in [0.1, 0.15) is 94.7 Å². The van der Waals surface area contributed by atoms with Crippen molar-refractivity contribution in [3.63, 3.8) is 0 Å². The summed E-state index contributed by atoms with van der Waals surface area (Å²) in [7, 11) is 6.38. The molecule has 0 saturated carbocycles. The number of nitrogens with one attached hydrogen (secondary N) is 3. The van der Waals surface area contributed by atoms with Crippen LogP contribution in [0.25, 0.3) is 0 Å². The first-order valence-corrected chi connectivity index (χ1v) is 25.4. The van der Waals surface area contributed by atoms with Gasteiger partial charge in [0, 0.05) is 12.4 Å². The van der Waals surface area contributed by atoms with E-state index in [0.29, 0.717) is 39.4 Å². The Morgan fingerprint density at radius 3 is 1.31 bits per heavy atom. The van der Waals surface area contributed by atoms with Crippen molar-refractivity contribution >= 4 is 75.0 Å². The number of carbonyl (C=O) groups is 2. The van der Waals surface area contributed by atoms with Crippen LogP contribution in [0.2, 0.25) is 10.0 Å². The maximum absolute atomic E-state index is 13.2. The molecule has 406 valence electrons. The number of pyridine rings is 2. The zero-order valence-electron chi connectivity index (χ0n) is 42.0. The average molecular weight is 1150 g/mol. The summed E-state index contributed by atoms with van der Waals surface area (Å²) in [6.45, 7) is 3.69. The van der Waals surface area contributed by atoms with E-state index < -0.39 is 45.3 Å². The van der Waals surface area contributed by atoms with Crippen LogP contribution < -0.4 is 34.9 Å². The number of aromatic nitrogens is 4. The van der Waals surface area contributed by atoms with Crippen molar-refractivity contribution in [3.05, 3.63) is 197 Å². The molecule has 8 rings (SSSR count). The largest absolute Gasteiger partial charge is 0.497 e. The van der Waals surface area contributed by atoms with Crippen LogP contribution in [-0.4, -0.2) is 65.9 Å². The molecular formula is C54H46Cl2F6N8O6S2. The zero-order valence-corrected chi connectivity index (χ0v) is 45.1. The fraction of sp³-hybridized carbons (Fsp3) is 0.204. The van der Waals surface area contributed by atoms with Gasteiger partial charge in [-0.25, -0.2) is 19.9 Å². The Hall–Kier alpha value is -7.63. The van der Waals surface area contributed by atoms with Crippen molar-refractivity contribution in [3.8, 4) is 23.0 Å². The fourth-order valence-electron chi connectivity index (χ4n) is 7.41. The van der Waals surface area contributed by atoms with Crippen molar-refractivity contribution in [2.45, 2.75) is 44.3 Å². The minimum absolute atomic E-state index is 0.176. The number of hydrogen-bond acceptors (Lipinski definition) is 14. The third kappa shape index (κ3) is 14.9. The Kier molecular flexibility index (Phi) is 19.1. The molecule has 0 unspecified atom stereocenters. The van der Waals surface area contributed by atoms with Gasteiger partial charge in [-0.3, -0.25) is 19.9 Å². The average Bonchev–Trinajstić information content (AvgIpc) is 4.16. The highest BCUT2D eigenvalue weighted by atomic mass is 35.5. The summed E-state index contributed by atoms with van der Waals surface area (Å²) in [5, 5.41) is 8.28. The molecule has 0 aliphatic carbocycles. The third-order valence-electron chi connectivity index (χ3n) is 11.5. The van der Waals surface area contributed by atoms with E-state index in [4.69, 9.17) is 47.1 Å². The van der Waals surface area contributed by atoms with E-state index >= 15 is 0 Å². The molecule has 0 radical (unpaired) electrons. The van der Waals surface area contributed by atoms with Gasteiger partial charge in [0.1, 0.15) is 60.4 Å². The van der Waals surface area contributed by atoms with Gasteiger partial charge in [0.2, 0.25) is 0 Å². The Bertz CT molecular complexity index is 3270. The number of hydrogen-bond donors (Lipinski definition) is 3. The lowest BCUT2D eigenvalue weighted by atomic mass is 9.97. The van der Waals surface area contributed by atoms with Crippen LogP contribution in [0.3, 0.4) is 0 Å². The third-order valence-corrected chi connectivity index (χ3v) is 14.3. The number of rotatable bonds is 17. The number of amides is 2. The lowest BCUT2D eigenvalue weighted by molar-refractivity contribution is -0.138. The number of nitrogens with zero attached hydrogens (tertiary/aromatic N) is 5.